The molecule has 1 rings (SSSR count). The van der Waals surface area contributed by atoms with Crippen molar-refractivity contribution in [2.24, 2.45) is 0 Å². The Hall–Kier alpha value is -2.31. The lowest BCUT2D eigenvalue weighted by Gasteiger charge is -2.08. The van der Waals surface area contributed by atoms with Crippen LogP contribution in [0.1, 0.15) is 17.3 Å². The zero-order chi connectivity index (χ0) is 12.3. The Balaban J connectivity index is 2.89. The summed E-state index contributed by atoms with van der Waals surface area (Å²) < 4.78 is 0. The molecule has 0 spiro atoms. The first kappa shape index (κ1) is 11.8. The fourth-order valence-electron chi connectivity index (χ4n) is 1.00. The van der Waals surface area contributed by atoms with Crippen molar-refractivity contribution in [2.75, 3.05) is 0 Å². The van der Waals surface area contributed by atoms with Crippen molar-refractivity contribution in [2.45, 2.75) is 13.0 Å². The van der Waals surface area contributed by atoms with Gasteiger partial charge in [0.25, 0.3) is 11.5 Å². The second-order valence-corrected chi connectivity index (χ2v) is 3.15. The maximum Gasteiger partial charge on any atom is 0.325 e. The number of aromatic amines is 1. The van der Waals surface area contributed by atoms with Gasteiger partial charge in [-0.05, 0) is 6.92 Å². The Morgan fingerprint density at radius 2 is 2.06 bits per heavy atom. The molecule has 0 fully saturated rings. The topological polar surface area (TPSA) is 119 Å². The van der Waals surface area contributed by atoms with Gasteiger partial charge < -0.3 is 15.5 Å². The largest absolute Gasteiger partial charge is 0.494 e. The van der Waals surface area contributed by atoms with E-state index in [-0.39, 0.29) is 5.56 Å². The molecular weight excluding hydrogens is 216 g/mol. The zero-order valence-corrected chi connectivity index (χ0v) is 8.35. The molecule has 1 unspecified atom stereocenters. The van der Waals surface area contributed by atoms with Crippen LogP contribution in [0, 0.1) is 0 Å². The third-order valence-corrected chi connectivity index (χ3v) is 1.81. The summed E-state index contributed by atoms with van der Waals surface area (Å²) in [6.07, 6.45) is 0. The Kier molecular flexibility index (Phi) is 3.29. The summed E-state index contributed by atoms with van der Waals surface area (Å²) in [4.78, 5) is 34.9. The smallest absolute Gasteiger partial charge is 0.325 e. The van der Waals surface area contributed by atoms with Crippen molar-refractivity contribution in [1.29, 1.82) is 0 Å². The van der Waals surface area contributed by atoms with Gasteiger partial charge in [0.05, 0.1) is 5.56 Å². The van der Waals surface area contributed by atoms with Crippen LogP contribution in [0.2, 0.25) is 0 Å². The predicted molar refractivity (Wildman–Crippen MR) is 53.3 cm³/mol. The number of nitrogens with one attached hydrogen (secondary N) is 2. The number of pyridine rings is 1. The molecule has 4 N–H and O–H groups in total. The van der Waals surface area contributed by atoms with E-state index in [1.165, 1.54) is 6.92 Å². The van der Waals surface area contributed by atoms with Crippen molar-refractivity contribution in [3.05, 3.63) is 28.0 Å². The van der Waals surface area contributed by atoms with Crippen LogP contribution in [0.4, 0.5) is 0 Å². The molecule has 0 aromatic carbocycles. The third-order valence-electron chi connectivity index (χ3n) is 1.81. The summed E-state index contributed by atoms with van der Waals surface area (Å²) in [6, 6.07) is 0.920. The van der Waals surface area contributed by atoms with E-state index in [1.807, 2.05) is 4.98 Å². The van der Waals surface area contributed by atoms with Gasteiger partial charge in [-0.3, -0.25) is 19.4 Å². The zero-order valence-electron chi connectivity index (χ0n) is 8.35. The van der Waals surface area contributed by atoms with Crippen molar-refractivity contribution in [3.8, 4) is 5.88 Å². The summed E-state index contributed by atoms with van der Waals surface area (Å²) in [5, 5.41) is 19.7. The molecule has 86 valence electrons. The van der Waals surface area contributed by atoms with Gasteiger partial charge >= 0.3 is 5.97 Å². The van der Waals surface area contributed by atoms with Gasteiger partial charge in [-0.2, -0.15) is 0 Å². The number of carbonyl (C=O) groups excluding carboxylic acids is 1. The maximum absolute atomic E-state index is 11.4. The summed E-state index contributed by atoms with van der Waals surface area (Å²) in [5.74, 6) is -2.39. The van der Waals surface area contributed by atoms with Gasteiger partial charge in [-0.25, -0.2) is 0 Å². The van der Waals surface area contributed by atoms with E-state index in [1.54, 1.807) is 0 Å². The van der Waals surface area contributed by atoms with Gasteiger partial charge in [-0.1, -0.05) is 0 Å². The molecule has 1 amide bonds. The number of carboxylic acid groups (broad SMARTS) is 1. The summed E-state index contributed by atoms with van der Waals surface area (Å²) in [6.45, 7) is 1.28. The molecule has 16 heavy (non-hydrogen) atoms. The lowest BCUT2D eigenvalue weighted by atomic mass is 10.2. The highest BCUT2D eigenvalue weighted by molar-refractivity contribution is 5.96. The molecule has 0 radical (unpaired) electrons. The number of H-pyrrole nitrogens is 1. The first-order valence-electron chi connectivity index (χ1n) is 4.37. The first-order chi connectivity index (χ1) is 7.40. The van der Waals surface area contributed by atoms with Gasteiger partial charge in [0.1, 0.15) is 6.04 Å². The minimum atomic E-state index is -1.19. The number of amides is 1. The van der Waals surface area contributed by atoms with Gasteiger partial charge in [0, 0.05) is 12.1 Å². The lowest BCUT2D eigenvalue weighted by molar-refractivity contribution is -0.138. The minimum absolute atomic E-state index is 0.102. The minimum Gasteiger partial charge on any atom is -0.494 e. The van der Waals surface area contributed by atoms with Crippen LogP contribution in [0.5, 0.6) is 5.88 Å². The maximum atomic E-state index is 11.4. The third kappa shape index (κ3) is 2.84. The molecule has 1 atom stereocenters. The molecule has 0 aliphatic carbocycles. The fraction of sp³-hybridized carbons (Fsp3) is 0.222. The van der Waals surface area contributed by atoms with Crippen molar-refractivity contribution >= 4 is 11.9 Å². The lowest BCUT2D eigenvalue weighted by Crippen LogP contribution is -2.38. The molecular formula is C9H10N2O5. The van der Waals surface area contributed by atoms with Gasteiger partial charge in [-0.15, -0.1) is 0 Å². The molecule has 1 aromatic rings. The van der Waals surface area contributed by atoms with E-state index < -0.39 is 29.4 Å². The van der Waals surface area contributed by atoms with Crippen LogP contribution in [0.25, 0.3) is 0 Å². The van der Waals surface area contributed by atoms with Crippen molar-refractivity contribution in [1.82, 2.24) is 10.3 Å². The molecule has 1 aromatic heterocycles. The highest BCUT2D eigenvalue weighted by Crippen LogP contribution is 2.04. The predicted octanol–water partition coefficient (Wildman–Crippen LogP) is -0.717. The standard InChI is InChI=1S/C9H10N2O5/c1-4(9(15)16)10-8(14)5-2-6(12)11-7(13)3-5/h2-4H,1H3,(H,10,14)(H,15,16)(H2,11,12,13). The summed E-state index contributed by atoms with van der Waals surface area (Å²) in [7, 11) is 0. The van der Waals surface area contributed by atoms with Crippen LogP contribution in [-0.4, -0.2) is 33.1 Å². The van der Waals surface area contributed by atoms with Crippen LogP contribution in [-0.2, 0) is 4.79 Å². The molecule has 0 saturated heterocycles. The highest BCUT2D eigenvalue weighted by Gasteiger charge is 2.15. The Labute approximate surface area is 89.7 Å². The molecule has 0 bridgehead atoms. The molecule has 0 aliphatic rings. The molecule has 7 heteroatoms. The fourth-order valence-corrected chi connectivity index (χ4v) is 1.00. The van der Waals surface area contributed by atoms with Crippen LogP contribution in [0.15, 0.2) is 16.9 Å². The van der Waals surface area contributed by atoms with Crippen LogP contribution >= 0.6 is 0 Å². The first-order valence-corrected chi connectivity index (χ1v) is 4.37. The number of aromatic hydroxyl groups is 1. The Morgan fingerprint density at radius 3 is 2.56 bits per heavy atom. The number of aromatic nitrogens is 1. The summed E-state index contributed by atoms with van der Waals surface area (Å²) in [5.41, 5.74) is -0.748. The van der Waals surface area contributed by atoms with E-state index >= 15 is 0 Å². The molecule has 0 saturated carbocycles. The molecule has 1 heterocycles. The number of carboxylic acids is 1. The van der Waals surface area contributed by atoms with E-state index in [2.05, 4.69) is 5.32 Å². The second-order valence-electron chi connectivity index (χ2n) is 3.15. The number of carbonyl (C=O) groups is 2. The number of hydrogen-bond acceptors (Lipinski definition) is 4. The quantitative estimate of drug-likeness (QED) is 0.542. The number of hydrogen-bond donors (Lipinski definition) is 4. The Morgan fingerprint density at radius 1 is 1.44 bits per heavy atom. The van der Waals surface area contributed by atoms with Crippen LogP contribution < -0.4 is 10.9 Å². The average Bonchev–Trinajstić information content (AvgIpc) is 2.15. The van der Waals surface area contributed by atoms with Gasteiger partial charge in [0.2, 0.25) is 0 Å². The molecule has 7 nitrogen and oxygen atoms in total. The number of aliphatic carboxylic acids is 1. The van der Waals surface area contributed by atoms with E-state index in [4.69, 9.17) is 10.2 Å². The molecule has 0 aliphatic heterocycles. The van der Waals surface area contributed by atoms with Gasteiger partial charge in [0.15, 0.2) is 5.88 Å². The summed E-state index contributed by atoms with van der Waals surface area (Å²) >= 11 is 0. The van der Waals surface area contributed by atoms with E-state index in [9.17, 15) is 14.4 Å². The number of rotatable bonds is 3. The average molecular weight is 226 g/mol. The monoisotopic (exact) mass is 226 g/mol. The van der Waals surface area contributed by atoms with Crippen molar-refractivity contribution < 1.29 is 19.8 Å². The Bertz CT molecular complexity index is 479. The van der Waals surface area contributed by atoms with Crippen LogP contribution in [0.3, 0.4) is 0 Å². The normalized spacial score (nSPS) is 11.8. The van der Waals surface area contributed by atoms with E-state index in [0.29, 0.717) is 0 Å². The second kappa shape index (κ2) is 4.47. The SMILES string of the molecule is CC(NC(=O)c1cc(O)[nH]c(=O)c1)C(=O)O. The van der Waals surface area contributed by atoms with Crippen molar-refractivity contribution in [3.63, 3.8) is 0 Å². The highest BCUT2D eigenvalue weighted by atomic mass is 16.4. The van der Waals surface area contributed by atoms with E-state index in [0.717, 1.165) is 12.1 Å².